The van der Waals surface area contributed by atoms with Crippen molar-refractivity contribution in [3.8, 4) is 44.9 Å². The molecule has 0 radical (unpaired) electrons. The molecule has 10 aromatic carbocycles. The molecule has 2 heteroatoms. The van der Waals surface area contributed by atoms with Crippen molar-refractivity contribution in [3.05, 3.63) is 271 Å². The molecule has 0 saturated heterocycles. The largest absolute Gasteiger partial charge is 0.457 e. The molecule has 0 amide bonds. The number of nitrogens with zero attached hydrogens (tertiary/aromatic N) is 1. The van der Waals surface area contributed by atoms with E-state index in [0.29, 0.717) is 0 Å². The summed E-state index contributed by atoms with van der Waals surface area (Å²) in [4.78, 5) is 2.43. The Morgan fingerprint density at radius 2 is 0.852 bits per heavy atom. The third kappa shape index (κ3) is 6.37. The Labute approximate surface area is 357 Å². The third-order valence-corrected chi connectivity index (χ3v) is 12.2. The van der Waals surface area contributed by atoms with Gasteiger partial charge in [-0.3, -0.25) is 0 Å². The normalized spacial score (nSPS) is 14.1. The summed E-state index contributed by atoms with van der Waals surface area (Å²) in [7, 11) is 0. The Morgan fingerprint density at radius 3 is 1.56 bits per heavy atom. The lowest BCUT2D eigenvalue weighted by molar-refractivity contribution is 0.435. The van der Waals surface area contributed by atoms with Gasteiger partial charge >= 0.3 is 0 Å². The van der Waals surface area contributed by atoms with Gasteiger partial charge in [-0.25, -0.2) is 0 Å². The summed E-state index contributed by atoms with van der Waals surface area (Å²) in [5.41, 5.74) is 14.1. The highest BCUT2D eigenvalue weighted by Crippen LogP contribution is 2.57. The lowest BCUT2D eigenvalue weighted by Crippen LogP contribution is -2.34. The van der Waals surface area contributed by atoms with Crippen LogP contribution in [0.5, 0.6) is 11.5 Å². The van der Waals surface area contributed by atoms with E-state index in [1.165, 1.54) is 33.2 Å². The number of hydrogen-bond acceptors (Lipinski definition) is 2. The number of fused-ring (bicyclic) bond motifs is 3. The molecule has 1 heterocycles. The van der Waals surface area contributed by atoms with Crippen LogP contribution in [0.4, 0.5) is 17.1 Å². The number of anilines is 3. The van der Waals surface area contributed by atoms with Gasteiger partial charge in [-0.2, -0.15) is 0 Å². The molecule has 288 valence electrons. The molecule has 0 bridgehead atoms. The first kappa shape index (κ1) is 36.2. The minimum atomic E-state index is -0.701. The maximum atomic E-state index is 6.85. The van der Waals surface area contributed by atoms with E-state index >= 15 is 0 Å². The quantitative estimate of drug-likeness (QED) is 0.152. The van der Waals surface area contributed by atoms with Crippen LogP contribution < -0.4 is 9.64 Å². The van der Waals surface area contributed by atoms with Gasteiger partial charge < -0.3 is 9.64 Å². The highest BCUT2D eigenvalue weighted by atomic mass is 16.5. The van der Waals surface area contributed by atoms with Gasteiger partial charge in [0.1, 0.15) is 11.5 Å². The summed E-state index contributed by atoms with van der Waals surface area (Å²) in [6.07, 6.45) is 0. The van der Waals surface area contributed by atoms with Crippen LogP contribution in [0.15, 0.2) is 249 Å². The summed E-state index contributed by atoms with van der Waals surface area (Å²) in [5.74, 6) is 1.72. The third-order valence-electron chi connectivity index (χ3n) is 12.2. The smallest absolute Gasteiger partial charge is 0.132 e. The molecule has 11 rings (SSSR count). The Balaban J connectivity index is 1.18. The number of benzene rings is 10. The monoisotopic (exact) mass is 779 g/mol. The standard InChI is InChI=1S/C59H41NO/c1-5-18-42(19-6-1)44-32-35-51(36-33-44)60(56-37-34-48(43-20-7-2-8-21-43)38-53(56)45-22-9-3-10-23-45)52-29-17-28-50(41-52)59(49-26-11-4-12-27-49)54-30-15-16-31-57(54)61-58-40-47-25-14-13-24-46(47)39-55(58)59/h1-41H. The molecule has 0 aromatic heterocycles. The lowest BCUT2D eigenvalue weighted by atomic mass is 9.63. The highest BCUT2D eigenvalue weighted by molar-refractivity contribution is 5.92. The number of ether oxygens (including phenoxy) is 1. The number of rotatable bonds is 8. The van der Waals surface area contributed by atoms with Crippen molar-refractivity contribution in [3.63, 3.8) is 0 Å². The summed E-state index contributed by atoms with van der Waals surface area (Å²) >= 11 is 0. The van der Waals surface area contributed by atoms with Crippen molar-refractivity contribution < 1.29 is 4.74 Å². The van der Waals surface area contributed by atoms with Crippen LogP contribution in [0.1, 0.15) is 22.3 Å². The van der Waals surface area contributed by atoms with Gasteiger partial charge in [0.2, 0.25) is 0 Å². The molecule has 61 heavy (non-hydrogen) atoms. The molecule has 0 aliphatic carbocycles. The van der Waals surface area contributed by atoms with Crippen LogP contribution in [0, 0.1) is 0 Å². The Bertz CT molecular complexity index is 3140. The van der Waals surface area contributed by atoms with E-state index in [2.05, 4.69) is 254 Å². The molecule has 1 unspecified atom stereocenters. The topological polar surface area (TPSA) is 12.5 Å². The van der Waals surface area contributed by atoms with Crippen molar-refractivity contribution in [2.45, 2.75) is 5.41 Å². The zero-order chi connectivity index (χ0) is 40.6. The van der Waals surface area contributed by atoms with Crippen LogP contribution in [0.3, 0.4) is 0 Å². The minimum Gasteiger partial charge on any atom is -0.457 e. The predicted molar refractivity (Wildman–Crippen MR) is 253 cm³/mol. The second-order valence-corrected chi connectivity index (χ2v) is 15.7. The molecular weight excluding hydrogens is 739 g/mol. The fourth-order valence-corrected chi connectivity index (χ4v) is 9.33. The van der Waals surface area contributed by atoms with E-state index in [1.807, 2.05) is 0 Å². The second kappa shape index (κ2) is 15.3. The molecule has 0 fully saturated rings. The molecule has 1 aliphatic heterocycles. The zero-order valence-electron chi connectivity index (χ0n) is 33.5. The minimum absolute atomic E-state index is 0.701. The van der Waals surface area contributed by atoms with Crippen molar-refractivity contribution in [1.29, 1.82) is 0 Å². The average molecular weight is 780 g/mol. The average Bonchev–Trinajstić information content (AvgIpc) is 3.34. The summed E-state index contributed by atoms with van der Waals surface area (Å²) in [6.45, 7) is 0. The Morgan fingerprint density at radius 1 is 0.311 bits per heavy atom. The van der Waals surface area contributed by atoms with Crippen molar-refractivity contribution in [2.24, 2.45) is 0 Å². The van der Waals surface area contributed by atoms with Crippen LogP contribution >= 0.6 is 0 Å². The Hall–Kier alpha value is -7.94. The maximum Gasteiger partial charge on any atom is 0.132 e. The van der Waals surface area contributed by atoms with E-state index in [4.69, 9.17) is 4.74 Å². The van der Waals surface area contributed by atoms with Gasteiger partial charge in [0, 0.05) is 28.1 Å². The summed E-state index contributed by atoms with van der Waals surface area (Å²) in [6, 6.07) is 89.7. The highest BCUT2D eigenvalue weighted by Gasteiger charge is 2.45. The molecule has 10 aromatic rings. The van der Waals surface area contributed by atoms with Gasteiger partial charge in [0.25, 0.3) is 0 Å². The van der Waals surface area contributed by atoms with E-state index in [9.17, 15) is 0 Å². The van der Waals surface area contributed by atoms with Gasteiger partial charge in [-0.15, -0.1) is 0 Å². The van der Waals surface area contributed by atoms with E-state index < -0.39 is 5.41 Å². The first-order valence-electron chi connectivity index (χ1n) is 20.9. The fraction of sp³-hybridized carbons (Fsp3) is 0.0169. The first-order valence-corrected chi connectivity index (χ1v) is 20.9. The summed E-state index contributed by atoms with van der Waals surface area (Å²) < 4.78 is 6.85. The van der Waals surface area contributed by atoms with Crippen molar-refractivity contribution in [2.75, 3.05) is 4.90 Å². The zero-order valence-corrected chi connectivity index (χ0v) is 33.5. The van der Waals surface area contributed by atoms with Crippen molar-refractivity contribution in [1.82, 2.24) is 0 Å². The molecule has 2 nitrogen and oxygen atoms in total. The molecule has 0 saturated carbocycles. The lowest BCUT2D eigenvalue weighted by Gasteiger charge is -2.42. The van der Waals surface area contributed by atoms with Crippen LogP contribution in [-0.2, 0) is 5.41 Å². The first-order chi connectivity index (χ1) is 30.2. The molecular formula is C59H41NO. The van der Waals surface area contributed by atoms with Crippen LogP contribution in [0.25, 0.3) is 44.2 Å². The molecule has 1 aliphatic rings. The summed E-state index contributed by atoms with van der Waals surface area (Å²) in [5, 5.41) is 2.32. The van der Waals surface area contributed by atoms with Crippen LogP contribution in [-0.4, -0.2) is 0 Å². The SMILES string of the molecule is c1ccc(-c2ccc(N(c3cccc(C4(c5ccccc5)c5ccccc5Oc5cc6ccccc6cc54)c3)c3ccc(-c4ccccc4)cc3-c3ccccc3)cc2)cc1. The maximum absolute atomic E-state index is 6.85. The van der Waals surface area contributed by atoms with Gasteiger partial charge in [0.05, 0.1) is 11.1 Å². The van der Waals surface area contributed by atoms with Gasteiger partial charge in [-0.1, -0.05) is 194 Å². The number of para-hydroxylation sites is 1. The molecule has 0 spiro atoms. The molecule has 1 atom stereocenters. The van der Waals surface area contributed by atoms with Crippen molar-refractivity contribution >= 4 is 27.8 Å². The van der Waals surface area contributed by atoms with E-state index in [1.54, 1.807) is 0 Å². The second-order valence-electron chi connectivity index (χ2n) is 15.7. The van der Waals surface area contributed by atoms with E-state index in [-0.39, 0.29) is 0 Å². The number of hydrogen-bond donors (Lipinski definition) is 0. The Kier molecular flexibility index (Phi) is 9.09. The fourth-order valence-electron chi connectivity index (χ4n) is 9.33. The predicted octanol–water partition coefficient (Wildman–Crippen LogP) is 15.8. The molecule has 0 N–H and O–H groups in total. The van der Waals surface area contributed by atoms with Crippen LogP contribution in [0.2, 0.25) is 0 Å². The van der Waals surface area contributed by atoms with E-state index in [0.717, 1.165) is 61.8 Å². The van der Waals surface area contributed by atoms with Gasteiger partial charge in [-0.05, 0) is 104 Å². The van der Waals surface area contributed by atoms with Gasteiger partial charge in [0.15, 0.2) is 0 Å².